The van der Waals surface area contributed by atoms with E-state index >= 15 is 0 Å². The molecule has 3 aromatic carbocycles. The highest BCUT2D eigenvalue weighted by Gasteiger charge is 2.16. The number of benzene rings is 3. The zero-order chi connectivity index (χ0) is 24.9. The molecule has 0 aliphatic rings. The van der Waals surface area contributed by atoms with Gasteiger partial charge in [-0.25, -0.2) is 4.68 Å². The number of nitrogens with zero attached hydrogens (tertiary/aromatic N) is 3. The monoisotopic (exact) mass is 463 g/mol. The Labute approximate surface area is 203 Å². The van der Waals surface area contributed by atoms with Crippen LogP contribution < -0.4 is 16.2 Å². The van der Waals surface area contributed by atoms with E-state index in [4.69, 9.17) is 0 Å². The van der Waals surface area contributed by atoms with Crippen LogP contribution in [0.1, 0.15) is 16.8 Å². The molecule has 4 aromatic rings. The van der Waals surface area contributed by atoms with Crippen molar-refractivity contribution in [2.75, 3.05) is 10.6 Å². The molecule has 0 fully saturated rings. The third-order valence-corrected chi connectivity index (χ3v) is 5.69. The average molecular weight is 464 g/mol. The number of nitrogens with one attached hydrogen (secondary N) is 2. The van der Waals surface area contributed by atoms with Gasteiger partial charge >= 0.3 is 0 Å². The van der Waals surface area contributed by atoms with Gasteiger partial charge in [0.15, 0.2) is 0 Å². The summed E-state index contributed by atoms with van der Waals surface area (Å²) in [5.41, 5.74) is 4.96. The molecule has 7 nitrogen and oxygen atoms in total. The minimum atomic E-state index is -0.471. The molecule has 35 heavy (non-hydrogen) atoms. The molecule has 0 bridgehead atoms. The van der Waals surface area contributed by atoms with Gasteiger partial charge in [0.05, 0.1) is 11.4 Å². The number of carbonyl (C=O) groups is 1. The molecule has 0 aliphatic carbocycles. The highest BCUT2D eigenvalue weighted by atomic mass is 16.2. The minimum Gasteiger partial charge on any atom is -0.349 e. The van der Waals surface area contributed by atoms with E-state index in [9.17, 15) is 14.9 Å². The summed E-state index contributed by atoms with van der Waals surface area (Å²) in [6.45, 7) is 3.81. The maximum Gasteiger partial charge on any atom is 0.295 e. The molecule has 4 rings (SSSR count). The fourth-order valence-electron chi connectivity index (χ4n) is 3.76. The van der Waals surface area contributed by atoms with Crippen LogP contribution in [-0.2, 0) is 11.8 Å². The molecule has 174 valence electrons. The van der Waals surface area contributed by atoms with E-state index in [2.05, 4.69) is 10.6 Å². The number of amides is 1. The first-order valence-corrected chi connectivity index (χ1v) is 11.1. The quantitative estimate of drug-likeness (QED) is 0.308. The summed E-state index contributed by atoms with van der Waals surface area (Å²) in [5.74, 6) is -0.471. The predicted molar refractivity (Wildman–Crippen MR) is 139 cm³/mol. The van der Waals surface area contributed by atoms with Crippen molar-refractivity contribution in [3.63, 3.8) is 0 Å². The van der Waals surface area contributed by atoms with Gasteiger partial charge in [-0.3, -0.25) is 14.3 Å². The number of nitriles is 1. The molecule has 1 aromatic heterocycles. The van der Waals surface area contributed by atoms with Gasteiger partial charge in [0.1, 0.15) is 17.3 Å². The lowest BCUT2D eigenvalue weighted by Crippen LogP contribution is -2.20. The van der Waals surface area contributed by atoms with E-state index in [1.54, 1.807) is 35.0 Å². The molecule has 0 spiro atoms. The number of hydrogen-bond donors (Lipinski definition) is 2. The van der Waals surface area contributed by atoms with E-state index < -0.39 is 5.91 Å². The molecule has 0 atom stereocenters. The van der Waals surface area contributed by atoms with Crippen molar-refractivity contribution in [2.24, 2.45) is 7.05 Å². The largest absolute Gasteiger partial charge is 0.349 e. The van der Waals surface area contributed by atoms with Crippen molar-refractivity contribution in [3.05, 3.63) is 112 Å². The highest BCUT2D eigenvalue weighted by Crippen LogP contribution is 2.21. The number of aryl methyl sites for hydroxylation is 1. The van der Waals surface area contributed by atoms with Gasteiger partial charge in [-0.2, -0.15) is 5.26 Å². The Morgan fingerprint density at radius 2 is 1.66 bits per heavy atom. The number of anilines is 3. The predicted octanol–water partition coefficient (Wildman–Crippen LogP) is 5.08. The van der Waals surface area contributed by atoms with Crippen LogP contribution in [0.25, 0.3) is 11.8 Å². The third kappa shape index (κ3) is 5.07. The van der Waals surface area contributed by atoms with Gasteiger partial charge in [-0.15, -0.1) is 0 Å². The second-order valence-electron chi connectivity index (χ2n) is 8.18. The van der Waals surface area contributed by atoms with Gasteiger partial charge in [0, 0.05) is 18.4 Å². The summed E-state index contributed by atoms with van der Waals surface area (Å²) in [7, 11) is 1.84. The summed E-state index contributed by atoms with van der Waals surface area (Å²) in [5, 5.41) is 15.5. The first-order chi connectivity index (χ1) is 16.9. The van der Waals surface area contributed by atoms with Crippen LogP contribution in [-0.4, -0.2) is 15.3 Å². The van der Waals surface area contributed by atoms with Crippen molar-refractivity contribution >= 4 is 29.0 Å². The molecule has 1 amide bonds. The lowest BCUT2D eigenvalue weighted by Gasteiger charge is -2.07. The Morgan fingerprint density at radius 3 is 2.31 bits per heavy atom. The van der Waals surface area contributed by atoms with Gasteiger partial charge in [0.25, 0.3) is 11.5 Å². The van der Waals surface area contributed by atoms with Crippen LogP contribution in [0.15, 0.2) is 89.2 Å². The van der Waals surface area contributed by atoms with Crippen molar-refractivity contribution in [2.45, 2.75) is 13.8 Å². The van der Waals surface area contributed by atoms with E-state index in [0.29, 0.717) is 16.9 Å². The lowest BCUT2D eigenvalue weighted by atomic mass is 10.1. The number of para-hydroxylation sites is 1. The molecular formula is C28H25N5O2. The van der Waals surface area contributed by atoms with Crippen LogP contribution >= 0.6 is 0 Å². The molecule has 0 radical (unpaired) electrons. The fourth-order valence-corrected chi connectivity index (χ4v) is 3.76. The van der Waals surface area contributed by atoms with Crippen LogP contribution in [0, 0.1) is 25.2 Å². The van der Waals surface area contributed by atoms with Gasteiger partial charge in [0.2, 0.25) is 0 Å². The summed E-state index contributed by atoms with van der Waals surface area (Å²) < 4.78 is 3.42. The lowest BCUT2D eigenvalue weighted by molar-refractivity contribution is -0.112. The average Bonchev–Trinajstić information content (AvgIpc) is 3.07. The number of rotatable bonds is 6. The first-order valence-electron chi connectivity index (χ1n) is 11.1. The molecule has 0 unspecified atom stereocenters. The topological polar surface area (TPSA) is 91.8 Å². The standard InChI is InChI=1S/C28H25N5O2/c1-19-8-7-9-24(16-19)31-27(34)22(18-29)17-21-12-14-23(15-13-21)30-26-20(2)32(3)33(28(26)35)25-10-5-4-6-11-25/h4-17,30H,1-3H3,(H,31,34). The molecule has 0 saturated carbocycles. The molecule has 1 heterocycles. The number of carbonyl (C=O) groups excluding carboxylic acids is 1. The van der Waals surface area contributed by atoms with E-state index in [1.165, 1.54) is 6.08 Å². The molecule has 0 aliphatic heterocycles. The van der Waals surface area contributed by atoms with Crippen LogP contribution in [0.4, 0.5) is 17.1 Å². The Hall–Kier alpha value is -4.83. The fraction of sp³-hybridized carbons (Fsp3) is 0.107. The van der Waals surface area contributed by atoms with Crippen LogP contribution in [0.5, 0.6) is 0 Å². The van der Waals surface area contributed by atoms with E-state index in [1.807, 2.05) is 80.2 Å². The molecule has 7 heteroatoms. The normalized spacial score (nSPS) is 11.1. The molecular weight excluding hydrogens is 438 g/mol. The summed E-state index contributed by atoms with van der Waals surface area (Å²) in [4.78, 5) is 25.6. The zero-order valence-corrected chi connectivity index (χ0v) is 19.7. The maximum absolute atomic E-state index is 13.1. The van der Waals surface area contributed by atoms with Gasteiger partial charge in [-0.1, -0.05) is 42.5 Å². The first kappa shape index (κ1) is 23.3. The van der Waals surface area contributed by atoms with Crippen molar-refractivity contribution < 1.29 is 4.79 Å². The second-order valence-corrected chi connectivity index (χ2v) is 8.18. The minimum absolute atomic E-state index is 0.00290. The third-order valence-electron chi connectivity index (χ3n) is 5.69. The van der Waals surface area contributed by atoms with E-state index in [-0.39, 0.29) is 11.1 Å². The van der Waals surface area contributed by atoms with Gasteiger partial charge in [-0.05, 0) is 67.4 Å². The Balaban J connectivity index is 1.53. The molecule has 0 saturated heterocycles. The van der Waals surface area contributed by atoms with Crippen LogP contribution in [0.3, 0.4) is 0 Å². The maximum atomic E-state index is 13.1. The smallest absolute Gasteiger partial charge is 0.295 e. The van der Waals surface area contributed by atoms with Crippen molar-refractivity contribution in [3.8, 4) is 11.8 Å². The number of hydrogen-bond acceptors (Lipinski definition) is 4. The van der Waals surface area contributed by atoms with Crippen molar-refractivity contribution in [1.29, 1.82) is 5.26 Å². The Morgan fingerprint density at radius 1 is 0.943 bits per heavy atom. The van der Waals surface area contributed by atoms with Crippen LogP contribution in [0.2, 0.25) is 0 Å². The van der Waals surface area contributed by atoms with Crippen molar-refractivity contribution in [1.82, 2.24) is 9.36 Å². The summed E-state index contributed by atoms with van der Waals surface area (Å²) in [6.07, 6.45) is 1.53. The summed E-state index contributed by atoms with van der Waals surface area (Å²) >= 11 is 0. The second kappa shape index (κ2) is 9.98. The number of aromatic nitrogens is 2. The summed E-state index contributed by atoms with van der Waals surface area (Å²) in [6, 6.07) is 26.0. The SMILES string of the molecule is Cc1cccc(NC(=O)C(C#N)=Cc2ccc(Nc3c(C)n(C)n(-c4ccccc4)c3=O)cc2)c1. The Kier molecular flexibility index (Phi) is 6.65. The Bertz CT molecular complexity index is 1500. The molecule has 2 N–H and O–H groups in total. The zero-order valence-electron chi connectivity index (χ0n) is 19.7. The van der Waals surface area contributed by atoms with Gasteiger partial charge < -0.3 is 10.6 Å². The van der Waals surface area contributed by atoms with E-state index in [0.717, 1.165) is 22.6 Å². The highest BCUT2D eigenvalue weighted by molar-refractivity contribution is 6.09.